The number of aromatic nitrogens is 3. The van der Waals surface area contributed by atoms with Crippen molar-refractivity contribution >= 4 is 16.3 Å². The highest BCUT2D eigenvalue weighted by atomic mass is 32.2. The molecule has 2 heterocycles. The van der Waals surface area contributed by atoms with Crippen LogP contribution in [0.2, 0.25) is 0 Å². The lowest BCUT2D eigenvalue weighted by atomic mass is 10.4. The van der Waals surface area contributed by atoms with Crippen LogP contribution in [0, 0.1) is 0 Å². The van der Waals surface area contributed by atoms with Crippen LogP contribution in [0.5, 0.6) is 0 Å². The first kappa shape index (κ1) is 11.1. The zero-order chi connectivity index (χ0) is 12.4. The van der Waals surface area contributed by atoms with Crippen LogP contribution in [0.3, 0.4) is 0 Å². The molecular weight excluding hydrogens is 246 g/mol. The van der Waals surface area contributed by atoms with E-state index in [1.165, 1.54) is 0 Å². The zero-order valence-corrected chi connectivity index (χ0v) is 10.4. The van der Waals surface area contributed by atoms with E-state index in [0.29, 0.717) is 5.75 Å². The van der Waals surface area contributed by atoms with Crippen molar-refractivity contribution < 1.29 is 4.21 Å². The van der Waals surface area contributed by atoms with E-state index < -0.39 is 10.8 Å². The molecule has 0 aliphatic carbocycles. The summed E-state index contributed by atoms with van der Waals surface area (Å²) in [6.45, 7) is 0. The van der Waals surface area contributed by atoms with Gasteiger partial charge in [-0.2, -0.15) is 0 Å². The molecule has 1 atom stereocenters. The average Bonchev–Trinajstić information content (AvgIpc) is 2.83. The van der Waals surface area contributed by atoms with Gasteiger partial charge < -0.3 is 0 Å². The van der Waals surface area contributed by atoms with Gasteiger partial charge in [0.2, 0.25) is 0 Å². The number of rotatable bonds is 3. The summed E-state index contributed by atoms with van der Waals surface area (Å²) in [5.74, 6) is 1.19. The lowest BCUT2D eigenvalue weighted by Gasteiger charge is -2.02. The summed E-state index contributed by atoms with van der Waals surface area (Å²) in [5.41, 5.74) is 0.914. The Labute approximate surface area is 107 Å². The molecule has 90 valence electrons. The van der Waals surface area contributed by atoms with Crippen LogP contribution >= 0.6 is 0 Å². The Kier molecular flexibility index (Phi) is 2.90. The maximum absolute atomic E-state index is 12.2. The molecule has 0 N–H and O–H groups in total. The molecule has 0 saturated heterocycles. The number of imidazole rings is 1. The normalized spacial score (nSPS) is 12.7. The molecule has 0 radical (unpaired) electrons. The van der Waals surface area contributed by atoms with Crippen molar-refractivity contribution in [3.05, 3.63) is 60.9 Å². The standard InChI is InChI=1S/C13H11N3OS/c17-18(12-4-2-1-3-5-12)10-13-15-9-11-8-14-6-7-16(11)13/h1-9H,10H2/t18-/m1/s1. The number of hydrogen-bond acceptors (Lipinski definition) is 3. The summed E-state index contributed by atoms with van der Waals surface area (Å²) >= 11 is 0. The van der Waals surface area contributed by atoms with Crippen LogP contribution < -0.4 is 0 Å². The lowest BCUT2D eigenvalue weighted by molar-refractivity contribution is 0.681. The Morgan fingerprint density at radius 2 is 2.00 bits per heavy atom. The number of fused-ring (bicyclic) bond motifs is 1. The minimum absolute atomic E-state index is 0.405. The smallest absolute Gasteiger partial charge is 0.126 e. The summed E-state index contributed by atoms with van der Waals surface area (Å²) in [6.07, 6.45) is 7.01. The highest BCUT2D eigenvalue weighted by Gasteiger charge is 2.09. The maximum Gasteiger partial charge on any atom is 0.126 e. The lowest BCUT2D eigenvalue weighted by Crippen LogP contribution is -2.01. The fourth-order valence-electron chi connectivity index (χ4n) is 1.79. The fourth-order valence-corrected chi connectivity index (χ4v) is 2.86. The average molecular weight is 257 g/mol. The first-order chi connectivity index (χ1) is 8.84. The summed E-state index contributed by atoms with van der Waals surface area (Å²) in [5, 5.41) is 0. The minimum atomic E-state index is -1.07. The van der Waals surface area contributed by atoms with E-state index in [-0.39, 0.29) is 0 Å². The SMILES string of the molecule is O=[S@](Cc1ncc2cnccn12)c1ccccc1. The van der Waals surface area contributed by atoms with E-state index in [4.69, 9.17) is 0 Å². The van der Waals surface area contributed by atoms with Crippen molar-refractivity contribution in [1.29, 1.82) is 0 Å². The van der Waals surface area contributed by atoms with Crippen LogP contribution in [0.4, 0.5) is 0 Å². The van der Waals surface area contributed by atoms with Gasteiger partial charge in [0.15, 0.2) is 0 Å². The van der Waals surface area contributed by atoms with E-state index in [1.807, 2.05) is 40.9 Å². The second-order valence-corrected chi connectivity index (χ2v) is 5.30. The molecule has 0 bridgehead atoms. The molecule has 5 heteroatoms. The van der Waals surface area contributed by atoms with Crippen LogP contribution in [0.15, 0.2) is 60.0 Å². The summed E-state index contributed by atoms with van der Waals surface area (Å²) in [7, 11) is -1.07. The second-order valence-electron chi connectivity index (χ2n) is 3.85. The molecule has 0 fully saturated rings. The van der Waals surface area contributed by atoms with Crippen molar-refractivity contribution in [1.82, 2.24) is 14.4 Å². The second kappa shape index (κ2) is 4.70. The quantitative estimate of drug-likeness (QED) is 0.721. The summed E-state index contributed by atoms with van der Waals surface area (Å²) < 4.78 is 14.1. The van der Waals surface area contributed by atoms with Crippen LogP contribution in [-0.2, 0) is 16.6 Å². The molecule has 0 aliphatic rings. The molecule has 0 aliphatic heterocycles. The first-order valence-electron chi connectivity index (χ1n) is 5.54. The van der Waals surface area contributed by atoms with Gasteiger partial charge in [-0.05, 0) is 12.1 Å². The van der Waals surface area contributed by atoms with Crippen LogP contribution in [0.25, 0.3) is 5.52 Å². The van der Waals surface area contributed by atoms with Crippen LogP contribution in [-0.4, -0.2) is 18.6 Å². The number of benzene rings is 1. The Balaban J connectivity index is 1.91. The highest BCUT2D eigenvalue weighted by Crippen LogP contribution is 2.12. The van der Waals surface area contributed by atoms with Gasteiger partial charge in [-0.15, -0.1) is 0 Å². The Morgan fingerprint density at radius 3 is 2.83 bits per heavy atom. The van der Waals surface area contributed by atoms with E-state index in [2.05, 4.69) is 9.97 Å². The third-order valence-electron chi connectivity index (χ3n) is 2.68. The Hall–Kier alpha value is -2.01. The van der Waals surface area contributed by atoms with Crippen molar-refractivity contribution in [2.75, 3.05) is 0 Å². The van der Waals surface area contributed by atoms with Crippen LogP contribution in [0.1, 0.15) is 5.82 Å². The molecule has 18 heavy (non-hydrogen) atoms. The van der Waals surface area contributed by atoms with Gasteiger partial charge in [-0.3, -0.25) is 13.6 Å². The van der Waals surface area contributed by atoms with Gasteiger partial charge in [0.1, 0.15) is 5.82 Å². The molecular formula is C13H11N3OS. The van der Waals surface area contributed by atoms with E-state index in [9.17, 15) is 4.21 Å². The van der Waals surface area contributed by atoms with Gasteiger partial charge in [0, 0.05) is 17.3 Å². The Bertz CT molecular complexity index is 694. The molecule has 4 nitrogen and oxygen atoms in total. The highest BCUT2D eigenvalue weighted by molar-refractivity contribution is 7.84. The largest absolute Gasteiger partial charge is 0.300 e. The number of nitrogens with zero attached hydrogens (tertiary/aromatic N) is 3. The summed E-state index contributed by atoms with van der Waals surface area (Å²) in [6, 6.07) is 9.43. The van der Waals surface area contributed by atoms with E-state index >= 15 is 0 Å². The molecule has 2 aromatic heterocycles. The zero-order valence-electron chi connectivity index (χ0n) is 9.56. The fraction of sp³-hybridized carbons (Fsp3) is 0.0769. The molecule has 0 saturated carbocycles. The van der Waals surface area contributed by atoms with Gasteiger partial charge >= 0.3 is 0 Å². The first-order valence-corrected chi connectivity index (χ1v) is 6.86. The van der Waals surface area contributed by atoms with E-state index in [1.54, 1.807) is 18.6 Å². The molecule has 3 aromatic rings. The molecule has 0 spiro atoms. The summed E-state index contributed by atoms with van der Waals surface area (Å²) in [4.78, 5) is 9.14. The predicted octanol–water partition coefficient (Wildman–Crippen LogP) is 2.04. The van der Waals surface area contributed by atoms with E-state index in [0.717, 1.165) is 16.2 Å². The minimum Gasteiger partial charge on any atom is -0.300 e. The third kappa shape index (κ3) is 2.04. The van der Waals surface area contributed by atoms with Gasteiger partial charge in [0.05, 0.1) is 34.5 Å². The Morgan fingerprint density at radius 1 is 1.17 bits per heavy atom. The van der Waals surface area contributed by atoms with Crippen molar-refractivity contribution in [3.63, 3.8) is 0 Å². The third-order valence-corrected chi connectivity index (χ3v) is 4.00. The van der Waals surface area contributed by atoms with Gasteiger partial charge in [-0.1, -0.05) is 18.2 Å². The number of hydrogen-bond donors (Lipinski definition) is 0. The van der Waals surface area contributed by atoms with Crippen molar-refractivity contribution in [3.8, 4) is 0 Å². The van der Waals surface area contributed by atoms with Crippen molar-refractivity contribution in [2.45, 2.75) is 10.6 Å². The topological polar surface area (TPSA) is 47.3 Å². The molecule has 3 rings (SSSR count). The van der Waals surface area contributed by atoms with Crippen molar-refractivity contribution in [2.24, 2.45) is 0 Å². The maximum atomic E-state index is 12.2. The molecule has 1 aromatic carbocycles. The molecule has 0 amide bonds. The van der Waals surface area contributed by atoms with Gasteiger partial charge in [-0.25, -0.2) is 4.98 Å². The van der Waals surface area contributed by atoms with Gasteiger partial charge in [0.25, 0.3) is 0 Å². The predicted molar refractivity (Wildman–Crippen MR) is 69.5 cm³/mol. The molecule has 0 unspecified atom stereocenters. The monoisotopic (exact) mass is 257 g/mol.